The van der Waals surface area contributed by atoms with E-state index in [4.69, 9.17) is 5.73 Å². The van der Waals surface area contributed by atoms with Gasteiger partial charge in [0.1, 0.15) is 5.82 Å². The number of likely N-dealkylation sites (tertiary alicyclic amines) is 1. The lowest BCUT2D eigenvalue weighted by Crippen LogP contribution is -2.39. The fourth-order valence-electron chi connectivity index (χ4n) is 2.79. The van der Waals surface area contributed by atoms with Crippen molar-refractivity contribution in [1.29, 1.82) is 0 Å². The van der Waals surface area contributed by atoms with E-state index in [-0.39, 0.29) is 0 Å². The minimum Gasteiger partial charge on any atom is -0.360 e. The molecule has 0 aliphatic carbocycles. The third kappa shape index (κ3) is 3.93. The molecule has 1 aliphatic heterocycles. The normalized spacial score (nSPS) is 19.0. The van der Waals surface area contributed by atoms with Gasteiger partial charge in [-0.25, -0.2) is 4.98 Å². The largest absolute Gasteiger partial charge is 0.360 e. The third-order valence-electron chi connectivity index (χ3n) is 4.46. The van der Waals surface area contributed by atoms with Crippen LogP contribution in [0.25, 0.3) is 0 Å². The fourth-order valence-corrected chi connectivity index (χ4v) is 2.79. The average molecular weight is 276 g/mol. The Bertz CT molecular complexity index is 393. The molecular weight excluding hydrogens is 248 g/mol. The van der Waals surface area contributed by atoms with Gasteiger partial charge in [0.05, 0.1) is 0 Å². The minimum absolute atomic E-state index is 0.336. The average Bonchev–Trinajstić information content (AvgIpc) is 2.48. The molecule has 4 nitrogen and oxygen atoms in total. The Morgan fingerprint density at radius 2 is 2.10 bits per heavy atom. The van der Waals surface area contributed by atoms with Crippen molar-refractivity contribution in [2.45, 2.75) is 39.3 Å². The number of hydrogen-bond acceptors (Lipinski definition) is 4. The molecule has 0 aromatic carbocycles. The molecule has 1 fully saturated rings. The SMILES string of the molecule is CCN(C)c1ccc(CN2CCC(C(C)N)CC2)cn1. The van der Waals surface area contributed by atoms with Crippen LogP contribution in [0.5, 0.6) is 0 Å². The maximum atomic E-state index is 5.99. The zero-order chi connectivity index (χ0) is 14.5. The van der Waals surface area contributed by atoms with Gasteiger partial charge in [0.25, 0.3) is 0 Å². The Morgan fingerprint density at radius 1 is 1.40 bits per heavy atom. The Labute approximate surface area is 123 Å². The van der Waals surface area contributed by atoms with E-state index >= 15 is 0 Å². The van der Waals surface area contributed by atoms with Gasteiger partial charge in [0.15, 0.2) is 0 Å². The van der Waals surface area contributed by atoms with Gasteiger partial charge in [-0.3, -0.25) is 4.90 Å². The molecule has 1 unspecified atom stereocenters. The molecule has 2 rings (SSSR count). The van der Waals surface area contributed by atoms with Crippen molar-refractivity contribution in [3.63, 3.8) is 0 Å². The van der Waals surface area contributed by atoms with Crippen LogP contribution >= 0.6 is 0 Å². The summed E-state index contributed by atoms with van der Waals surface area (Å²) in [5.41, 5.74) is 7.29. The molecule has 0 radical (unpaired) electrons. The summed E-state index contributed by atoms with van der Waals surface area (Å²) < 4.78 is 0. The molecule has 1 saturated heterocycles. The molecule has 4 heteroatoms. The van der Waals surface area contributed by atoms with E-state index in [0.29, 0.717) is 12.0 Å². The first kappa shape index (κ1) is 15.3. The van der Waals surface area contributed by atoms with Gasteiger partial charge in [0, 0.05) is 32.4 Å². The van der Waals surface area contributed by atoms with Gasteiger partial charge in [-0.05, 0) is 57.3 Å². The predicted octanol–water partition coefficient (Wildman–Crippen LogP) is 2.10. The first-order valence-corrected chi connectivity index (χ1v) is 7.74. The molecule has 1 aromatic heterocycles. The first-order valence-electron chi connectivity index (χ1n) is 7.74. The zero-order valence-electron chi connectivity index (χ0n) is 13.0. The van der Waals surface area contributed by atoms with E-state index < -0.39 is 0 Å². The van der Waals surface area contributed by atoms with Gasteiger partial charge >= 0.3 is 0 Å². The van der Waals surface area contributed by atoms with Crippen molar-refractivity contribution in [2.75, 3.05) is 31.6 Å². The van der Waals surface area contributed by atoms with Crippen LogP contribution in [0.15, 0.2) is 18.3 Å². The van der Waals surface area contributed by atoms with Crippen molar-refractivity contribution in [2.24, 2.45) is 11.7 Å². The summed E-state index contributed by atoms with van der Waals surface area (Å²) in [6, 6.07) is 4.65. The van der Waals surface area contributed by atoms with E-state index in [9.17, 15) is 0 Å². The summed E-state index contributed by atoms with van der Waals surface area (Å²) >= 11 is 0. The number of piperidine rings is 1. The number of hydrogen-bond donors (Lipinski definition) is 1. The van der Waals surface area contributed by atoms with Crippen molar-refractivity contribution in [3.05, 3.63) is 23.9 Å². The summed E-state index contributed by atoms with van der Waals surface area (Å²) in [7, 11) is 2.07. The number of aromatic nitrogens is 1. The van der Waals surface area contributed by atoms with Crippen molar-refractivity contribution in [3.8, 4) is 0 Å². The monoisotopic (exact) mass is 276 g/mol. The van der Waals surface area contributed by atoms with Gasteiger partial charge in [-0.15, -0.1) is 0 Å². The Kier molecular flexibility index (Phi) is 5.38. The summed E-state index contributed by atoms with van der Waals surface area (Å²) in [5, 5.41) is 0. The fraction of sp³-hybridized carbons (Fsp3) is 0.688. The lowest BCUT2D eigenvalue weighted by Gasteiger charge is -2.33. The molecule has 2 heterocycles. The minimum atomic E-state index is 0.336. The highest BCUT2D eigenvalue weighted by Crippen LogP contribution is 2.21. The summed E-state index contributed by atoms with van der Waals surface area (Å²) in [4.78, 5) is 9.20. The quantitative estimate of drug-likeness (QED) is 0.894. The molecule has 2 N–H and O–H groups in total. The first-order chi connectivity index (χ1) is 9.60. The standard InChI is InChI=1S/C16H28N4/c1-4-19(3)16-6-5-14(11-18-16)12-20-9-7-15(8-10-20)13(2)17/h5-6,11,13,15H,4,7-10,12,17H2,1-3H3. The molecule has 112 valence electrons. The highest BCUT2D eigenvalue weighted by Gasteiger charge is 2.21. The Morgan fingerprint density at radius 3 is 2.60 bits per heavy atom. The lowest BCUT2D eigenvalue weighted by atomic mass is 9.91. The van der Waals surface area contributed by atoms with E-state index in [1.54, 1.807) is 0 Å². The Balaban J connectivity index is 1.85. The second-order valence-electron chi connectivity index (χ2n) is 6.01. The molecule has 0 bridgehead atoms. The lowest BCUT2D eigenvalue weighted by molar-refractivity contribution is 0.165. The van der Waals surface area contributed by atoms with Crippen LogP contribution in [-0.4, -0.2) is 42.6 Å². The van der Waals surface area contributed by atoms with Crippen molar-refractivity contribution in [1.82, 2.24) is 9.88 Å². The van der Waals surface area contributed by atoms with Crippen molar-refractivity contribution < 1.29 is 0 Å². The molecule has 20 heavy (non-hydrogen) atoms. The maximum Gasteiger partial charge on any atom is 0.128 e. The summed E-state index contributed by atoms with van der Waals surface area (Å²) in [6.45, 7) is 8.57. The molecule has 1 atom stereocenters. The van der Waals surface area contributed by atoms with Crippen LogP contribution in [0.1, 0.15) is 32.3 Å². The molecule has 1 aliphatic rings. The van der Waals surface area contributed by atoms with E-state index in [0.717, 1.165) is 32.0 Å². The number of nitrogens with zero attached hydrogens (tertiary/aromatic N) is 3. The highest BCUT2D eigenvalue weighted by atomic mass is 15.2. The van der Waals surface area contributed by atoms with E-state index in [1.165, 1.54) is 18.4 Å². The predicted molar refractivity (Wildman–Crippen MR) is 84.8 cm³/mol. The number of rotatable bonds is 5. The van der Waals surface area contributed by atoms with Gasteiger partial charge < -0.3 is 10.6 Å². The molecule has 0 spiro atoms. The zero-order valence-corrected chi connectivity index (χ0v) is 13.0. The van der Waals surface area contributed by atoms with Crippen LogP contribution < -0.4 is 10.6 Å². The molecular formula is C16H28N4. The molecule has 0 amide bonds. The summed E-state index contributed by atoms with van der Waals surface area (Å²) in [6.07, 6.45) is 4.46. The second kappa shape index (κ2) is 7.04. The number of nitrogens with two attached hydrogens (primary N) is 1. The number of pyridine rings is 1. The van der Waals surface area contributed by atoms with E-state index in [2.05, 4.69) is 47.8 Å². The van der Waals surface area contributed by atoms with Crippen LogP contribution in [0, 0.1) is 5.92 Å². The molecule has 1 aromatic rings. The van der Waals surface area contributed by atoms with E-state index in [1.807, 2.05) is 6.20 Å². The number of anilines is 1. The highest BCUT2D eigenvalue weighted by molar-refractivity contribution is 5.37. The third-order valence-corrected chi connectivity index (χ3v) is 4.46. The van der Waals surface area contributed by atoms with Crippen molar-refractivity contribution >= 4 is 5.82 Å². The van der Waals surface area contributed by atoms with Crippen LogP contribution in [0.3, 0.4) is 0 Å². The van der Waals surface area contributed by atoms with Crippen LogP contribution in [0.4, 0.5) is 5.82 Å². The Hall–Kier alpha value is -1.13. The second-order valence-corrected chi connectivity index (χ2v) is 6.01. The van der Waals surface area contributed by atoms with Gasteiger partial charge in [-0.2, -0.15) is 0 Å². The van der Waals surface area contributed by atoms with Crippen LogP contribution in [-0.2, 0) is 6.54 Å². The van der Waals surface area contributed by atoms with Gasteiger partial charge in [-0.1, -0.05) is 6.07 Å². The summed E-state index contributed by atoms with van der Waals surface area (Å²) in [5.74, 6) is 1.75. The smallest absolute Gasteiger partial charge is 0.128 e. The maximum absolute atomic E-state index is 5.99. The van der Waals surface area contributed by atoms with Crippen LogP contribution in [0.2, 0.25) is 0 Å². The topological polar surface area (TPSA) is 45.4 Å². The molecule has 0 saturated carbocycles. The van der Waals surface area contributed by atoms with Gasteiger partial charge in [0.2, 0.25) is 0 Å².